The van der Waals surface area contributed by atoms with Crippen molar-refractivity contribution in [2.45, 2.75) is 27.4 Å². The van der Waals surface area contributed by atoms with Gasteiger partial charge in [-0.25, -0.2) is 0 Å². The van der Waals surface area contributed by atoms with Gasteiger partial charge in [0.25, 0.3) is 5.91 Å². The van der Waals surface area contributed by atoms with Gasteiger partial charge < -0.3 is 9.47 Å². The van der Waals surface area contributed by atoms with Crippen LogP contribution in [-0.4, -0.2) is 28.3 Å². The van der Waals surface area contributed by atoms with Crippen molar-refractivity contribution in [2.24, 2.45) is 0 Å². The van der Waals surface area contributed by atoms with Crippen molar-refractivity contribution in [3.63, 3.8) is 0 Å². The fourth-order valence-electron chi connectivity index (χ4n) is 2.96. The SMILES string of the molecule is CCOc1cc(C=C2SC(=S)N(CC)C2=O)cc(Br)c1OCc1cccc(C)c1. The minimum Gasteiger partial charge on any atom is -0.490 e. The highest BCUT2D eigenvalue weighted by molar-refractivity contribution is 9.10. The zero-order chi connectivity index (χ0) is 21.0. The molecule has 29 heavy (non-hydrogen) atoms. The number of halogens is 1. The number of thioether (sulfide) groups is 1. The topological polar surface area (TPSA) is 38.8 Å². The second kappa shape index (κ2) is 9.78. The molecule has 1 amide bonds. The van der Waals surface area contributed by atoms with E-state index in [0.29, 0.717) is 40.5 Å². The van der Waals surface area contributed by atoms with Crippen molar-refractivity contribution in [1.82, 2.24) is 4.90 Å². The summed E-state index contributed by atoms with van der Waals surface area (Å²) in [5.41, 5.74) is 3.13. The Bertz CT molecular complexity index is 975. The first-order chi connectivity index (χ1) is 13.9. The molecule has 0 spiro atoms. The maximum atomic E-state index is 12.5. The van der Waals surface area contributed by atoms with Crippen molar-refractivity contribution in [3.05, 3.63) is 62.5 Å². The molecule has 0 unspecified atom stereocenters. The lowest BCUT2D eigenvalue weighted by Gasteiger charge is -2.15. The predicted molar refractivity (Wildman–Crippen MR) is 126 cm³/mol. The number of carbonyl (C=O) groups is 1. The first-order valence-corrected chi connectivity index (χ1v) is 11.3. The molecule has 152 valence electrons. The number of amides is 1. The third-order valence-electron chi connectivity index (χ3n) is 4.28. The number of hydrogen-bond donors (Lipinski definition) is 0. The van der Waals surface area contributed by atoms with E-state index in [0.717, 1.165) is 15.6 Å². The molecule has 1 aliphatic heterocycles. The van der Waals surface area contributed by atoms with Gasteiger partial charge in [-0.15, -0.1) is 0 Å². The van der Waals surface area contributed by atoms with Gasteiger partial charge in [0, 0.05) is 6.54 Å². The maximum Gasteiger partial charge on any atom is 0.266 e. The minimum atomic E-state index is -0.0589. The fourth-order valence-corrected chi connectivity index (χ4v) is 4.91. The zero-order valence-corrected chi connectivity index (χ0v) is 19.7. The molecule has 1 heterocycles. The molecular formula is C22H22BrNO3S2. The van der Waals surface area contributed by atoms with Crippen LogP contribution in [0.2, 0.25) is 0 Å². The molecule has 2 aromatic rings. The Balaban J connectivity index is 1.87. The number of rotatable bonds is 7. The van der Waals surface area contributed by atoms with Crippen molar-refractivity contribution in [3.8, 4) is 11.5 Å². The van der Waals surface area contributed by atoms with Crippen LogP contribution in [-0.2, 0) is 11.4 Å². The second-order valence-corrected chi connectivity index (χ2v) is 9.00. The normalized spacial score (nSPS) is 15.3. The minimum absolute atomic E-state index is 0.0589. The molecule has 0 bridgehead atoms. The van der Waals surface area contributed by atoms with E-state index in [4.69, 9.17) is 21.7 Å². The molecule has 1 aliphatic rings. The summed E-state index contributed by atoms with van der Waals surface area (Å²) in [5, 5.41) is 0. The van der Waals surface area contributed by atoms with Crippen molar-refractivity contribution >= 4 is 56.2 Å². The summed E-state index contributed by atoms with van der Waals surface area (Å²) in [6.07, 6.45) is 1.84. The zero-order valence-electron chi connectivity index (χ0n) is 16.5. The summed E-state index contributed by atoms with van der Waals surface area (Å²) >= 11 is 10.2. The Labute approximate surface area is 189 Å². The molecule has 0 atom stereocenters. The van der Waals surface area contributed by atoms with E-state index in [1.165, 1.54) is 17.3 Å². The van der Waals surface area contributed by atoms with Crippen LogP contribution in [0.1, 0.15) is 30.5 Å². The molecule has 0 radical (unpaired) electrons. The maximum absolute atomic E-state index is 12.5. The molecule has 0 N–H and O–H groups in total. The summed E-state index contributed by atoms with van der Waals surface area (Å²) < 4.78 is 13.2. The standard InChI is InChI=1S/C22H22BrNO3S2/c1-4-24-21(25)19(29-22(24)28)12-16-10-17(23)20(18(11-16)26-5-2)27-13-15-8-6-7-14(3)9-15/h6-12H,4-5,13H2,1-3H3. The molecule has 1 saturated heterocycles. The molecule has 4 nitrogen and oxygen atoms in total. The Hall–Kier alpha value is -1.83. The highest BCUT2D eigenvalue weighted by atomic mass is 79.9. The summed E-state index contributed by atoms with van der Waals surface area (Å²) in [5.74, 6) is 1.22. The van der Waals surface area contributed by atoms with Crippen LogP contribution in [0.25, 0.3) is 6.08 Å². The highest BCUT2D eigenvalue weighted by Crippen LogP contribution is 2.39. The molecule has 3 rings (SSSR count). The van der Waals surface area contributed by atoms with Crippen LogP contribution in [0.4, 0.5) is 0 Å². The van der Waals surface area contributed by atoms with E-state index in [2.05, 4.69) is 35.0 Å². The first-order valence-electron chi connectivity index (χ1n) is 9.33. The molecular weight excluding hydrogens is 470 g/mol. The Kier molecular flexibility index (Phi) is 7.38. The number of aryl methyl sites for hydroxylation is 1. The van der Waals surface area contributed by atoms with E-state index in [9.17, 15) is 4.79 Å². The second-order valence-electron chi connectivity index (χ2n) is 6.47. The molecule has 0 saturated carbocycles. The van der Waals surface area contributed by atoms with Gasteiger partial charge in [0.15, 0.2) is 11.5 Å². The van der Waals surface area contributed by atoms with E-state index < -0.39 is 0 Å². The van der Waals surface area contributed by atoms with Crippen LogP contribution >= 0.6 is 39.9 Å². The Morgan fingerprint density at radius 3 is 2.66 bits per heavy atom. The first kappa shape index (κ1) is 21.9. The smallest absolute Gasteiger partial charge is 0.266 e. The molecule has 0 aromatic heterocycles. The summed E-state index contributed by atoms with van der Waals surface area (Å²) in [6.45, 7) is 7.42. The van der Waals surface area contributed by atoms with E-state index in [-0.39, 0.29) is 5.91 Å². The summed E-state index contributed by atoms with van der Waals surface area (Å²) in [6, 6.07) is 12.0. The molecule has 7 heteroatoms. The number of likely N-dealkylation sites (N-methyl/N-ethyl adjacent to an activating group) is 1. The lowest BCUT2D eigenvalue weighted by Crippen LogP contribution is -2.27. The van der Waals surface area contributed by atoms with Crippen LogP contribution < -0.4 is 9.47 Å². The van der Waals surface area contributed by atoms with Gasteiger partial charge in [-0.05, 0) is 66.0 Å². The number of hydrogen-bond acceptors (Lipinski definition) is 5. The Morgan fingerprint density at radius 2 is 2.00 bits per heavy atom. The van der Waals surface area contributed by atoms with Gasteiger partial charge in [0.05, 0.1) is 16.0 Å². The van der Waals surface area contributed by atoms with Crippen molar-refractivity contribution in [1.29, 1.82) is 0 Å². The largest absolute Gasteiger partial charge is 0.490 e. The highest BCUT2D eigenvalue weighted by Gasteiger charge is 2.30. The number of benzene rings is 2. The molecule has 0 aliphatic carbocycles. The van der Waals surface area contributed by atoms with Crippen LogP contribution in [0.5, 0.6) is 11.5 Å². The quantitative estimate of drug-likeness (QED) is 0.353. The van der Waals surface area contributed by atoms with E-state index in [1.807, 2.05) is 44.2 Å². The average molecular weight is 492 g/mol. The van der Waals surface area contributed by atoms with Gasteiger partial charge in [0.2, 0.25) is 0 Å². The monoisotopic (exact) mass is 491 g/mol. The van der Waals surface area contributed by atoms with Gasteiger partial charge >= 0.3 is 0 Å². The van der Waals surface area contributed by atoms with Crippen LogP contribution in [0.15, 0.2) is 45.8 Å². The Morgan fingerprint density at radius 1 is 1.21 bits per heavy atom. The molecule has 1 fully saturated rings. The lowest BCUT2D eigenvalue weighted by atomic mass is 10.1. The van der Waals surface area contributed by atoms with Gasteiger partial charge in [0.1, 0.15) is 10.9 Å². The third kappa shape index (κ3) is 5.21. The van der Waals surface area contributed by atoms with Crippen LogP contribution in [0.3, 0.4) is 0 Å². The average Bonchev–Trinajstić information content (AvgIpc) is 2.94. The van der Waals surface area contributed by atoms with E-state index in [1.54, 1.807) is 4.90 Å². The number of thiocarbonyl (C=S) groups is 1. The van der Waals surface area contributed by atoms with Gasteiger partial charge in [-0.3, -0.25) is 9.69 Å². The van der Waals surface area contributed by atoms with Crippen molar-refractivity contribution < 1.29 is 14.3 Å². The lowest BCUT2D eigenvalue weighted by molar-refractivity contribution is -0.121. The van der Waals surface area contributed by atoms with Crippen molar-refractivity contribution in [2.75, 3.05) is 13.2 Å². The van der Waals surface area contributed by atoms with Gasteiger partial charge in [-0.1, -0.05) is 53.8 Å². The predicted octanol–water partition coefficient (Wildman–Crippen LogP) is 5.96. The molecule has 2 aromatic carbocycles. The van der Waals surface area contributed by atoms with Crippen LogP contribution in [0, 0.1) is 6.92 Å². The summed E-state index contributed by atoms with van der Waals surface area (Å²) in [4.78, 5) is 14.7. The number of nitrogens with zero attached hydrogens (tertiary/aromatic N) is 1. The summed E-state index contributed by atoms with van der Waals surface area (Å²) in [7, 11) is 0. The fraction of sp³-hybridized carbons (Fsp3) is 0.273. The van der Waals surface area contributed by atoms with Gasteiger partial charge in [-0.2, -0.15) is 0 Å². The van der Waals surface area contributed by atoms with E-state index >= 15 is 0 Å². The number of ether oxygens (including phenoxy) is 2. The third-order valence-corrected chi connectivity index (χ3v) is 6.25. The number of carbonyl (C=O) groups excluding carboxylic acids is 1.